The molecule has 0 aromatic carbocycles. The molecule has 0 bridgehead atoms. The molecule has 2 saturated heterocycles. The molecular formula is C8H9AlNO5+3. The number of aliphatic hydroxyl groups excluding tert-OH is 1. The number of ether oxygens (including phenoxy) is 1. The van der Waals surface area contributed by atoms with Crippen LogP contribution in [0.2, 0.25) is 0 Å². The maximum Gasteiger partial charge on any atom is 3.00 e. The molecule has 0 spiro atoms. The van der Waals surface area contributed by atoms with Crippen molar-refractivity contribution in [3.05, 3.63) is 11.8 Å². The summed E-state index contributed by atoms with van der Waals surface area (Å²) in [6.45, 7) is -0.298. The van der Waals surface area contributed by atoms with Gasteiger partial charge in [0.15, 0.2) is 12.3 Å². The Morgan fingerprint density at radius 2 is 2.33 bits per heavy atom. The second-order valence-corrected chi connectivity index (χ2v) is 3.11. The molecule has 2 rings (SSSR count). The van der Waals surface area contributed by atoms with Crippen LogP contribution in [-0.2, 0) is 14.3 Å². The minimum atomic E-state index is -1.14. The van der Waals surface area contributed by atoms with Crippen LogP contribution in [0.1, 0.15) is 6.42 Å². The largest absolute Gasteiger partial charge is 3.00 e. The molecular weight excluding hydrogens is 217 g/mol. The van der Waals surface area contributed by atoms with E-state index in [4.69, 9.17) is 14.9 Å². The van der Waals surface area contributed by atoms with Crippen molar-refractivity contribution in [2.45, 2.75) is 18.7 Å². The molecule has 2 aliphatic rings. The third kappa shape index (κ3) is 1.74. The Balaban J connectivity index is 0.00000112. The van der Waals surface area contributed by atoms with Gasteiger partial charge in [0.25, 0.3) is 0 Å². The van der Waals surface area contributed by atoms with Crippen LogP contribution in [0, 0.1) is 0 Å². The Morgan fingerprint density at radius 1 is 1.67 bits per heavy atom. The van der Waals surface area contributed by atoms with Crippen LogP contribution in [0.5, 0.6) is 0 Å². The molecule has 0 aromatic heterocycles. The maximum atomic E-state index is 11.1. The van der Waals surface area contributed by atoms with E-state index in [2.05, 4.69) is 0 Å². The molecule has 2 heterocycles. The standard InChI is InChI=1S/C8H9NO5.Al/c10-2-1-4-7(8(12)13)9-5(11)3-6(9)14-4;/h1,6-7,10H,2-3H2,(H,12,13);/q;+3/b4-1-;/t6-,7-;/m1./s1. The van der Waals surface area contributed by atoms with Crippen molar-refractivity contribution in [3.8, 4) is 0 Å². The van der Waals surface area contributed by atoms with Crippen molar-refractivity contribution in [2.24, 2.45) is 0 Å². The van der Waals surface area contributed by atoms with E-state index in [0.717, 1.165) is 0 Å². The number of carbonyl (C=O) groups is 2. The molecule has 0 aromatic rings. The smallest absolute Gasteiger partial charge is 0.479 e. The summed E-state index contributed by atoms with van der Waals surface area (Å²) >= 11 is 0. The summed E-state index contributed by atoms with van der Waals surface area (Å²) in [4.78, 5) is 23.1. The summed E-state index contributed by atoms with van der Waals surface area (Å²) in [5, 5.41) is 17.5. The van der Waals surface area contributed by atoms with Gasteiger partial charge >= 0.3 is 23.3 Å². The van der Waals surface area contributed by atoms with Gasteiger partial charge in [-0.3, -0.25) is 9.69 Å². The summed E-state index contributed by atoms with van der Waals surface area (Å²) in [5.41, 5.74) is 0. The third-order valence-corrected chi connectivity index (χ3v) is 2.29. The van der Waals surface area contributed by atoms with Crippen LogP contribution < -0.4 is 0 Å². The topological polar surface area (TPSA) is 87.1 Å². The van der Waals surface area contributed by atoms with Gasteiger partial charge in [-0.2, -0.15) is 0 Å². The second-order valence-electron chi connectivity index (χ2n) is 3.11. The molecule has 0 aliphatic carbocycles. The zero-order chi connectivity index (χ0) is 10.3. The minimum absolute atomic E-state index is 0. The fraction of sp³-hybridized carbons (Fsp3) is 0.500. The Bertz CT molecular complexity index is 329. The number of aliphatic carboxylic acids is 1. The first-order valence-corrected chi connectivity index (χ1v) is 4.16. The Morgan fingerprint density at radius 3 is 2.80 bits per heavy atom. The number of β-lactam (4-membered cyclic amide) rings is 1. The molecule has 2 atom stereocenters. The maximum absolute atomic E-state index is 11.1. The normalized spacial score (nSPS) is 30.3. The molecule has 0 saturated carbocycles. The molecule has 0 unspecified atom stereocenters. The zero-order valence-corrected chi connectivity index (χ0v) is 8.94. The predicted molar refractivity (Wildman–Crippen MR) is 48.7 cm³/mol. The van der Waals surface area contributed by atoms with Gasteiger partial charge in [0.2, 0.25) is 5.91 Å². The van der Waals surface area contributed by atoms with Crippen LogP contribution in [-0.4, -0.2) is 63.2 Å². The minimum Gasteiger partial charge on any atom is -0.479 e. The molecule has 0 radical (unpaired) electrons. The van der Waals surface area contributed by atoms with E-state index in [1.807, 2.05) is 0 Å². The quantitative estimate of drug-likeness (QED) is 0.443. The molecule has 7 heteroatoms. The van der Waals surface area contributed by atoms with Crippen molar-refractivity contribution in [3.63, 3.8) is 0 Å². The molecule has 2 aliphatic heterocycles. The number of rotatable bonds is 2. The van der Waals surface area contributed by atoms with Gasteiger partial charge in [-0.05, 0) is 6.08 Å². The van der Waals surface area contributed by atoms with E-state index in [9.17, 15) is 9.59 Å². The van der Waals surface area contributed by atoms with Crippen LogP contribution in [0.3, 0.4) is 0 Å². The SMILES string of the molecule is O=C(O)[C@H]1/C(=C/CO)O[C@@H]2CC(=O)N21.[Al+3]. The number of hydrogen-bond donors (Lipinski definition) is 2. The first-order valence-electron chi connectivity index (χ1n) is 4.16. The van der Waals surface area contributed by atoms with Gasteiger partial charge < -0.3 is 14.9 Å². The number of hydrogen-bond acceptors (Lipinski definition) is 4. The summed E-state index contributed by atoms with van der Waals surface area (Å²) in [6, 6.07) is -1.06. The van der Waals surface area contributed by atoms with Crippen molar-refractivity contribution in [2.75, 3.05) is 6.61 Å². The number of carboxylic acids is 1. The van der Waals surface area contributed by atoms with Crippen molar-refractivity contribution < 1.29 is 24.5 Å². The predicted octanol–water partition coefficient (Wildman–Crippen LogP) is -1.48. The van der Waals surface area contributed by atoms with Gasteiger partial charge in [0, 0.05) is 0 Å². The second kappa shape index (κ2) is 4.23. The Kier molecular flexibility index (Phi) is 3.39. The van der Waals surface area contributed by atoms with E-state index in [1.165, 1.54) is 11.0 Å². The molecule has 15 heavy (non-hydrogen) atoms. The number of aliphatic hydroxyl groups is 1. The summed E-state index contributed by atoms with van der Waals surface area (Å²) < 4.78 is 5.17. The monoisotopic (exact) mass is 226 g/mol. The van der Waals surface area contributed by atoms with Gasteiger partial charge in [-0.1, -0.05) is 0 Å². The first kappa shape index (κ1) is 12.0. The van der Waals surface area contributed by atoms with E-state index in [-0.39, 0.29) is 42.1 Å². The van der Waals surface area contributed by atoms with Gasteiger partial charge in [-0.15, -0.1) is 0 Å². The Labute approximate surface area is 96.3 Å². The first-order chi connectivity index (χ1) is 6.65. The number of fused-ring (bicyclic) bond motifs is 1. The van der Waals surface area contributed by atoms with Crippen LogP contribution in [0.4, 0.5) is 0 Å². The number of nitrogens with zero attached hydrogens (tertiary/aromatic N) is 1. The average molecular weight is 226 g/mol. The van der Waals surface area contributed by atoms with E-state index >= 15 is 0 Å². The third-order valence-electron chi connectivity index (χ3n) is 2.29. The average Bonchev–Trinajstić information content (AvgIpc) is 2.39. The number of amides is 1. The zero-order valence-electron chi connectivity index (χ0n) is 7.79. The van der Waals surface area contributed by atoms with Gasteiger partial charge in [0.05, 0.1) is 13.0 Å². The van der Waals surface area contributed by atoms with E-state index in [1.54, 1.807) is 0 Å². The van der Waals surface area contributed by atoms with Gasteiger partial charge in [-0.25, -0.2) is 4.79 Å². The number of carbonyl (C=O) groups excluding carboxylic acids is 1. The van der Waals surface area contributed by atoms with Crippen LogP contribution in [0.15, 0.2) is 11.8 Å². The summed E-state index contributed by atoms with van der Waals surface area (Å²) in [6.07, 6.45) is 1.03. The van der Waals surface area contributed by atoms with Crippen LogP contribution in [0.25, 0.3) is 0 Å². The molecule has 6 nitrogen and oxygen atoms in total. The molecule has 2 fully saturated rings. The van der Waals surface area contributed by atoms with Crippen LogP contribution >= 0.6 is 0 Å². The molecule has 1 amide bonds. The van der Waals surface area contributed by atoms with Gasteiger partial charge in [0.1, 0.15) is 5.76 Å². The fourth-order valence-electron chi connectivity index (χ4n) is 1.66. The van der Waals surface area contributed by atoms with E-state index in [0.29, 0.717) is 0 Å². The van der Waals surface area contributed by atoms with Crippen molar-refractivity contribution in [1.29, 1.82) is 0 Å². The van der Waals surface area contributed by atoms with Crippen molar-refractivity contribution in [1.82, 2.24) is 4.90 Å². The fourth-order valence-corrected chi connectivity index (χ4v) is 1.66. The summed E-state index contributed by atoms with van der Waals surface area (Å²) in [7, 11) is 0. The molecule has 76 valence electrons. The molecule has 2 N–H and O–H groups in total. The summed E-state index contributed by atoms with van der Waals surface area (Å²) in [5.74, 6) is -1.22. The Hall–Kier alpha value is -1.03. The number of carboxylic acid groups (broad SMARTS) is 1. The van der Waals surface area contributed by atoms with Crippen molar-refractivity contribution >= 4 is 29.2 Å². The van der Waals surface area contributed by atoms with E-state index < -0.39 is 18.2 Å².